The molecular formula is C16H29N3O. The van der Waals surface area contributed by atoms with Gasteiger partial charge in [0.2, 0.25) is 0 Å². The molecule has 0 radical (unpaired) electrons. The van der Waals surface area contributed by atoms with Gasteiger partial charge in [0, 0.05) is 39.0 Å². The predicted octanol–water partition coefficient (Wildman–Crippen LogP) is 2.23. The molecule has 0 aromatic carbocycles. The highest BCUT2D eigenvalue weighted by atomic mass is 16.3. The van der Waals surface area contributed by atoms with Gasteiger partial charge in [0.25, 0.3) is 0 Å². The SMILES string of the molecule is CCC(O)(CC)CN1CCCC(Cc2nccn2C)C1. The van der Waals surface area contributed by atoms with Gasteiger partial charge in [-0.25, -0.2) is 4.98 Å². The average Bonchev–Trinajstić information content (AvgIpc) is 2.84. The Morgan fingerprint density at radius 3 is 2.75 bits per heavy atom. The lowest BCUT2D eigenvalue weighted by Crippen LogP contribution is -2.46. The fraction of sp³-hybridized carbons (Fsp3) is 0.812. The van der Waals surface area contributed by atoms with Crippen molar-refractivity contribution in [2.45, 2.75) is 51.6 Å². The number of hydrogen-bond donors (Lipinski definition) is 1. The van der Waals surface area contributed by atoms with Crippen molar-refractivity contribution in [3.63, 3.8) is 0 Å². The van der Waals surface area contributed by atoms with E-state index in [0.717, 1.165) is 38.9 Å². The van der Waals surface area contributed by atoms with Gasteiger partial charge < -0.3 is 14.6 Å². The van der Waals surface area contributed by atoms with E-state index in [1.54, 1.807) is 0 Å². The van der Waals surface area contributed by atoms with Crippen LogP contribution in [0, 0.1) is 5.92 Å². The fourth-order valence-electron chi connectivity index (χ4n) is 3.20. The Balaban J connectivity index is 1.90. The number of likely N-dealkylation sites (tertiary alicyclic amines) is 1. The highest BCUT2D eigenvalue weighted by Gasteiger charge is 2.29. The number of piperidine rings is 1. The van der Waals surface area contributed by atoms with E-state index in [9.17, 15) is 5.11 Å². The Kier molecular flexibility index (Phi) is 5.22. The molecule has 0 spiro atoms. The molecule has 114 valence electrons. The monoisotopic (exact) mass is 279 g/mol. The zero-order chi connectivity index (χ0) is 14.6. The van der Waals surface area contributed by atoms with Crippen molar-refractivity contribution >= 4 is 0 Å². The predicted molar refractivity (Wildman–Crippen MR) is 81.6 cm³/mol. The Bertz CT molecular complexity index is 412. The zero-order valence-electron chi connectivity index (χ0n) is 13.2. The molecule has 1 aliphatic heterocycles. The van der Waals surface area contributed by atoms with Gasteiger partial charge in [-0.3, -0.25) is 0 Å². The molecule has 1 unspecified atom stereocenters. The van der Waals surface area contributed by atoms with Gasteiger partial charge in [-0.1, -0.05) is 13.8 Å². The van der Waals surface area contributed by atoms with Crippen LogP contribution in [0.2, 0.25) is 0 Å². The molecule has 1 fully saturated rings. The number of β-amino-alcohol motifs (C(OH)–C–C–N with tert-alkyl or cyclic N) is 1. The van der Waals surface area contributed by atoms with E-state index >= 15 is 0 Å². The highest BCUT2D eigenvalue weighted by Crippen LogP contribution is 2.24. The summed E-state index contributed by atoms with van der Waals surface area (Å²) in [5.41, 5.74) is -0.509. The lowest BCUT2D eigenvalue weighted by atomic mass is 9.91. The van der Waals surface area contributed by atoms with Gasteiger partial charge in [-0.15, -0.1) is 0 Å². The number of rotatable bonds is 6. The maximum atomic E-state index is 10.5. The maximum Gasteiger partial charge on any atom is 0.108 e. The van der Waals surface area contributed by atoms with Crippen LogP contribution < -0.4 is 0 Å². The Morgan fingerprint density at radius 1 is 1.40 bits per heavy atom. The van der Waals surface area contributed by atoms with E-state index in [1.165, 1.54) is 18.7 Å². The molecule has 2 rings (SSSR count). The van der Waals surface area contributed by atoms with Crippen LogP contribution in [-0.4, -0.2) is 44.8 Å². The third-order valence-electron chi connectivity index (χ3n) is 4.83. The lowest BCUT2D eigenvalue weighted by molar-refractivity contribution is -0.0137. The van der Waals surface area contributed by atoms with Gasteiger partial charge in [0.05, 0.1) is 5.60 Å². The van der Waals surface area contributed by atoms with E-state index in [1.807, 2.05) is 12.4 Å². The molecule has 1 aromatic rings. The normalized spacial score (nSPS) is 21.3. The minimum Gasteiger partial charge on any atom is -0.389 e. The number of aryl methyl sites for hydroxylation is 1. The molecule has 1 aromatic heterocycles. The van der Waals surface area contributed by atoms with Gasteiger partial charge in [0.1, 0.15) is 5.82 Å². The van der Waals surface area contributed by atoms with Crippen LogP contribution in [-0.2, 0) is 13.5 Å². The molecule has 1 aliphatic rings. The van der Waals surface area contributed by atoms with Crippen molar-refractivity contribution < 1.29 is 5.11 Å². The average molecular weight is 279 g/mol. The Hall–Kier alpha value is -0.870. The molecule has 0 aliphatic carbocycles. The Labute approximate surface area is 122 Å². The summed E-state index contributed by atoms with van der Waals surface area (Å²) in [7, 11) is 2.07. The minimum atomic E-state index is -0.509. The first-order chi connectivity index (χ1) is 9.56. The second kappa shape index (κ2) is 6.72. The van der Waals surface area contributed by atoms with Crippen LogP contribution in [0.3, 0.4) is 0 Å². The summed E-state index contributed by atoms with van der Waals surface area (Å²) in [5, 5.41) is 10.5. The smallest absolute Gasteiger partial charge is 0.108 e. The summed E-state index contributed by atoms with van der Waals surface area (Å²) in [5.74, 6) is 1.85. The van der Waals surface area contributed by atoms with Crippen molar-refractivity contribution in [3.05, 3.63) is 18.2 Å². The van der Waals surface area contributed by atoms with E-state index in [-0.39, 0.29) is 0 Å². The van der Waals surface area contributed by atoms with Crippen LogP contribution in [0.25, 0.3) is 0 Å². The van der Waals surface area contributed by atoms with Crippen molar-refractivity contribution in [3.8, 4) is 0 Å². The van der Waals surface area contributed by atoms with Gasteiger partial charge in [-0.05, 0) is 38.1 Å². The first kappa shape index (κ1) is 15.5. The number of aromatic nitrogens is 2. The number of nitrogens with zero attached hydrogens (tertiary/aromatic N) is 3. The molecule has 20 heavy (non-hydrogen) atoms. The van der Waals surface area contributed by atoms with Crippen LogP contribution in [0.4, 0.5) is 0 Å². The van der Waals surface area contributed by atoms with Crippen molar-refractivity contribution in [1.82, 2.24) is 14.5 Å². The summed E-state index contributed by atoms with van der Waals surface area (Å²) in [6.07, 6.45) is 9.13. The molecule has 2 heterocycles. The molecule has 1 saturated heterocycles. The first-order valence-corrected chi connectivity index (χ1v) is 7.97. The van der Waals surface area contributed by atoms with Crippen LogP contribution in [0.5, 0.6) is 0 Å². The van der Waals surface area contributed by atoms with Gasteiger partial charge in [-0.2, -0.15) is 0 Å². The van der Waals surface area contributed by atoms with Crippen LogP contribution >= 0.6 is 0 Å². The number of hydrogen-bond acceptors (Lipinski definition) is 3. The number of imidazole rings is 1. The van der Waals surface area contributed by atoms with Crippen molar-refractivity contribution in [2.24, 2.45) is 13.0 Å². The molecular weight excluding hydrogens is 250 g/mol. The molecule has 0 amide bonds. The molecule has 1 N–H and O–H groups in total. The summed E-state index contributed by atoms with van der Waals surface area (Å²) in [4.78, 5) is 6.89. The standard InChI is InChI=1S/C16H29N3O/c1-4-16(20,5-2)13-19-9-6-7-14(12-19)11-15-17-8-10-18(15)3/h8,10,14,20H,4-7,9,11-13H2,1-3H3. The molecule has 1 atom stereocenters. The lowest BCUT2D eigenvalue weighted by Gasteiger charge is -2.38. The van der Waals surface area contributed by atoms with E-state index in [0.29, 0.717) is 5.92 Å². The van der Waals surface area contributed by atoms with E-state index in [2.05, 4.69) is 35.3 Å². The second-order valence-corrected chi connectivity index (χ2v) is 6.33. The molecule has 0 bridgehead atoms. The number of aliphatic hydroxyl groups is 1. The van der Waals surface area contributed by atoms with Gasteiger partial charge in [0.15, 0.2) is 0 Å². The minimum absolute atomic E-state index is 0.509. The maximum absolute atomic E-state index is 10.5. The molecule has 4 nitrogen and oxygen atoms in total. The van der Waals surface area contributed by atoms with Crippen LogP contribution in [0.15, 0.2) is 12.4 Å². The third-order valence-corrected chi connectivity index (χ3v) is 4.83. The van der Waals surface area contributed by atoms with E-state index < -0.39 is 5.60 Å². The molecule has 0 saturated carbocycles. The first-order valence-electron chi connectivity index (χ1n) is 7.97. The van der Waals surface area contributed by atoms with Crippen LogP contribution in [0.1, 0.15) is 45.4 Å². The molecule has 4 heteroatoms. The summed E-state index contributed by atoms with van der Waals surface area (Å²) in [6, 6.07) is 0. The quantitative estimate of drug-likeness (QED) is 0.868. The van der Waals surface area contributed by atoms with Crippen molar-refractivity contribution in [1.29, 1.82) is 0 Å². The summed E-state index contributed by atoms with van der Waals surface area (Å²) in [6.45, 7) is 7.20. The van der Waals surface area contributed by atoms with Gasteiger partial charge >= 0.3 is 0 Å². The third kappa shape index (κ3) is 3.83. The second-order valence-electron chi connectivity index (χ2n) is 6.33. The Morgan fingerprint density at radius 2 is 2.15 bits per heavy atom. The topological polar surface area (TPSA) is 41.3 Å². The van der Waals surface area contributed by atoms with E-state index in [4.69, 9.17) is 0 Å². The summed E-state index contributed by atoms with van der Waals surface area (Å²) >= 11 is 0. The zero-order valence-corrected chi connectivity index (χ0v) is 13.2. The van der Waals surface area contributed by atoms with Crippen molar-refractivity contribution in [2.75, 3.05) is 19.6 Å². The fourth-order valence-corrected chi connectivity index (χ4v) is 3.20. The summed E-state index contributed by atoms with van der Waals surface area (Å²) < 4.78 is 2.12. The highest BCUT2D eigenvalue weighted by molar-refractivity contribution is 4.94. The largest absolute Gasteiger partial charge is 0.389 e.